The predicted molar refractivity (Wildman–Crippen MR) is 85.0 cm³/mol. The highest BCUT2D eigenvalue weighted by atomic mass is 32.2. The molecule has 114 valence electrons. The Morgan fingerprint density at radius 2 is 2.20 bits per heavy atom. The molecule has 0 radical (unpaired) electrons. The van der Waals surface area contributed by atoms with Crippen molar-refractivity contribution in [1.29, 1.82) is 0 Å². The Labute approximate surface area is 126 Å². The molecular formula is C14H27N5S. The highest BCUT2D eigenvalue weighted by molar-refractivity contribution is 7.99. The molecule has 2 rings (SSSR count). The van der Waals surface area contributed by atoms with Crippen molar-refractivity contribution in [3.63, 3.8) is 0 Å². The Morgan fingerprint density at radius 1 is 1.40 bits per heavy atom. The van der Waals surface area contributed by atoms with Crippen LogP contribution in [0.1, 0.15) is 33.4 Å². The fourth-order valence-corrected chi connectivity index (χ4v) is 3.30. The van der Waals surface area contributed by atoms with E-state index in [4.69, 9.17) is 0 Å². The average molecular weight is 297 g/mol. The summed E-state index contributed by atoms with van der Waals surface area (Å²) in [7, 11) is 0. The highest BCUT2D eigenvalue weighted by Gasteiger charge is 2.16. The van der Waals surface area contributed by atoms with Crippen LogP contribution in [0.2, 0.25) is 0 Å². The molecule has 1 unspecified atom stereocenters. The molecule has 1 N–H and O–H groups in total. The molecule has 1 aliphatic heterocycles. The molecule has 1 aromatic rings. The van der Waals surface area contributed by atoms with Crippen LogP contribution in [0, 0.1) is 0 Å². The van der Waals surface area contributed by atoms with Gasteiger partial charge in [0, 0.05) is 48.9 Å². The topological polar surface area (TPSA) is 46.0 Å². The molecule has 0 saturated carbocycles. The molecule has 1 aliphatic rings. The summed E-state index contributed by atoms with van der Waals surface area (Å²) in [5.74, 6) is 1.25. The number of nitrogens with one attached hydrogen (secondary N) is 1. The lowest BCUT2D eigenvalue weighted by molar-refractivity contribution is 0.269. The van der Waals surface area contributed by atoms with Gasteiger partial charge in [0.15, 0.2) is 0 Å². The van der Waals surface area contributed by atoms with Crippen molar-refractivity contribution in [3.8, 4) is 0 Å². The fourth-order valence-electron chi connectivity index (χ4n) is 2.22. The van der Waals surface area contributed by atoms with Gasteiger partial charge in [-0.3, -0.25) is 9.58 Å². The van der Waals surface area contributed by atoms with Crippen molar-refractivity contribution in [2.45, 2.75) is 51.6 Å². The van der Waals surface area contributed by atoms with Gasteiger partial charge in [-0.15, -0.1) is 5.10 Å². The summed E-state index contributed by atoms with van der Waals surface area (Å²) >= 11 is 2.07. The average Bonchev–Trinajstić information content (AvgIpc) is 2.81. The van der Waals surface area contributed by atoms with Crippen LogP contribution in [0.25, 0.3) is 0 Å². The summed E-state index contributed by atoms with van der Waals surface area (Å²) in [5.41, 5.74) is 1.13. The first-order chi connectivity index (χ1) is 9.42. The van der Waals surface area contributed by atoms with E-state index in [1.54, 1.807) is 0 Å². The second-order valence-electron chi connectivity index (χ2n) is 6.56. The molecule has 1 atom stereocenters. The van der Waals surface area contributed by atoms with Gasteiger partial charge in [0.25, 0.3) is 0 Å². The molecule has 0 amide bonds. The maximum atomic E-state index is 4.23. The van der Waals surface area contributed by atoms with Crippen LogP contribution in [0.3, 0.4) is 0 Å². The van der Waals surface area contributed by atoms with E-state index < -0.39 is 0 Å². The first-order valence-corrected chi connectivity index (χ1v) is 8.45. The maximum absolute atomic E-state index is 4.23. The van der Waals surface area contributed by atoms with Crippen molar-refractivity contribution in [1.82, 2.24) is 25.2 Å². The van der Waals surface area contributed by atoms with Crippen LogP contribution in [-0.2, 0) is 13.1 Å². The fraction of sp³-hybridized carbons (Fsp3) is 0.857. The molecular weight excluding hydrogens is 270 g/mol. The molecule has 0 spiro atoms. The van der Waals surface area contributed by atoms with Gasteiger partial charge in [-0.2, -0.15) is 11.8 Å². The molecule has 0 aromatic carbocycles. The lowest BCUT2D eigenvalue weighted by atomic mass is 10.1. The molecule has 1 saturated heterocycles. The smallest absolute Gasteiger partial charge is 0.0965 e. The van der Waals surface area contributed by atoms with Crippen molar-refractivity contribution in [3.05, 3.63) is 11.9 Å². The van der Waals surface area contributed by atoms with E-state index in [0.717, 1.165) is 30.6 Å². The zero-order valence-corrected chi connectivity index (χ0v) is 13.9. The number of thioether (sulfide) groups is 1. The first-order valence-electron chi connectivity index (χ1n) is 7.40. The largest absolute Gasteiger partial charge is 0.306 e. The minimum Gasteiger partial charge on any atom is -0.306 e. The Balaban J connectivity index is 1.75. The molecule has 1 fully saturated rings. The van der Waals surface area contributed by atoms with E-state index in [2.05, 4.69) is 66.2 Å². The number of rotatable bonds is 5. The number of hydrogen-bond acceptors (Lipinski definition) is 5. The molecule has 2 heterocycles. The summed E-state index contributed by atoms with van der Waals surface area (Å²) in [6, 6.07) is 0. The molecule has 0 bridgehead atoms. The molecule has 20 heavy (non-hydrogen) atoms. The van der Waals surface area contributed by atoms with Gasteiger partial charge in [-0.05, 0) is 20.8 Å². The van der Waals surface area contributed by atoms with E-state index >= 15 is 0 Å². The van der Waals surface area contributed by atoms with E-state index in [1.165, 1.54) is 18.8 Å². The molecule has 6 heteroatoms. The quantitative estimate of drug-likeness (QED) is 0.894. The normalized spacial score (nSPS) is 21.3. The third kappa shape index (κ3) is 5.42. The maximum Gasteiger partial charge on any atom is 0.0965 e. The van der Waals surface area contributed by atoms with Crippen LogP contribution in [0.4, 0.5) is 0 Å². The standard InChI is InChI=1S/C14H27N5S/c1-12-10-18(7-8-20-12)5-6-19-11-13(16-17-19)9-15-14(2,3)4/h11-12,15H,5-10H2,1-4H3. The summed E-state index contributed by atoms with van der Waals surface area (Å²) in [6.07, 6.45) is 2.06. The van der Waals surface area contributed by atoms with Crippen LogP contribution in [0.5, 0.6) is 0 Å². The van der Waals surface area contributed by atoms with Crippen molar-refractivity contribution in [2.24, 2.45) is 0 Å². The van der Waals surface area contributed by atoms with E-state index in [0.29, 0.717) is 0 Å². The zero-order chi connectivity index (χ0) is 14.6. The van der Waals surface area contributed by atoms with Gasteiger partial charge >= 0.3 is 0 Å². The van der Waals surface area contributed by atoms with E-state index in [9.17, 15) is 0 Å². The van der Waals surface area contributed by atoms with E-state index in [-0.39, 0.29) is 5.54 Å². The zero-order valence-electron chi connectivity index (χ0n) is 13.1. The molecule has 0 aliphatic carbocycles. The minimum atomic E-state index is 0.116. The Bertz CT molecular complexity index is 412. The summed E-state index contributed by atoms with van der Waals surface area (Å²) in [4.78, 5) is 2.52. The Hall–Kier alpha value is -0.590. The third-order valence-corrected chi connectivity index (χ3v) is 4.49. The van der Waals surface area contributed by atoms with Gasteiger partial charge in [-0.25, -0.2) is 0 Å². The monoisotopic (exact) mass is 297 g/mol. The summed E-state index contributed by atoms with van der Waals surface area (Å²) in [5, 5.41) is 12.6. The van der Waals surface area contributed by atoms with Crippen molar-refractivity contribution >= 4 is 11.8 Å². The molecule has 1 aromatic heterocycles. The lowest BCUT2D eigenvalue weighted by Crippen LogP contribution is -2.38. The van der Waals surface area contributed by atoms with Crippen LogP contribution >= 0.6 is 11.8 Å². The number of aromatic nitrogens is 3. The van der Waals surface area contributed by atoms with Crippen LogP contribution in [0.15, 0.2) is 6.20 Å². The Kier molecular flexibility index (Phi) is 5.46. The summed E-state index contributed by atoms with van der Waals surface area (Å²) < 4.78 is 1.96. The van der Waals surface area contributed by atoms with Gasteiger partial charge in [0.2, 0.25) is 0 Å². The van der Waals surface area contributed by atoms with Gasteiger partial charge in [0.05, 0.1) is 12.2 Å². The SMILES string of the molecule is CC1CN(CCn2cc(CNC(C)(C)C)nn2)CCS1. The van der Waals surface area contributed by atoms with Gasteiger partial charge in [0.1, 0.15) is 0 Å². The number of hydrogen-bond donors (Lipinski definition) is 1. The summed E-state index contributed by atoms with van der Waals surface area (Å²) in [6.45, 7) is 14.0. The Morgan fingerprint density at radius 3 is 2.90 bits per heavy atom. The van der Waals surface area contributed by atoms with Gasteiger partial charge < -0.3 is 5.32 Å². The number of nitrogens with zero attached hydrogens (tertiary/aromatic N) is 4. The molecule has 5 nitrogen and oxygen atoms in total. The second-order valence-corrected chi connectivity index (χ2v) is 8.10. The minimum absolute atomic E-state index is 0.116. The van der Waals surface area contributed by atoms with Crippen molar-refractivity contribution < 1.29 is 0 Å². The highest BCUT2D eigenvalue weighted by Crippen LogP contribution is 2.17. The van der Waals surface area contributed by atoms with Crippen LogP contribution in [-0.4, -0.2) is 56.1 Å². The lowest BCUT2D eigenvalue weighted by Gasteiger charge is -2.30. The third-order valence-electron chi connectivity index (χ3n) is 3.36. The van der Waals surface area contributed by atoms with Gasteiger partial charge in [-0.1, -0.05) is 12.1 Å². The van der Waals surface area contributed by atoms with Crippen LogP contribution < -0.4 is 5.32 Å². The first kappa shape index (κ1) is 15.8. The second kappa shape index (κ2) is 6.91. The van der Waals surface area contributed by atoms with Crippen molar-refractivity contribution in [2.75, 3.05) is 25.4 Å². The predicted octanol–water partition coefficient (Wildman–Crippen LogP) is 1.60. The van der Waals surface area contributed by atoms with E-state index in [1.807, 2.05) is 4.68 Å².